The molecule has 0 unspecified atom stereocenters. The molecule has 106 valence electrons. The van der Waals surface area contributed by atoms with Gasteiger partial charge in [-0.05, 0) is 30.5 Å². The molecule has 0 aliphatic carbocycles. The lowest BCUT2D eigenvalue weighted by Gasteiger charge is -2.23. The van der Waals surface area contributed by atoms with E-state index in [9.17, 15) is 8.42 Å². The Kier molecular flexibility index (Phi) is 5.14. The molecule has 1 N–H and O–H groups in total. The van der Waals surface area contributed by atoms with Gasteiger partial charge in [-0.1, -0.05) is 32.6 Å². The standard InChI is InChI=1S/C14H21NO3S/c1-11(2)13-5-7-14(8-6-13)19(17,18)15(9-10-16)12(3)4/h5-8,11,16H,3,9-10H2,1-2,4H3. The summed E-state index contributed by atoms with van der Waals surface area (Å²) in [6, 6.07) is 6.82. The van der Waals surface area contributed by atoms with Gasteiger partial charge in [0, 0.05) is 5.70 Å². The van der Waals surface area contributed by atoms with E-state index in [2.05, 4.69) is 20.4 Å². The minimum atomic E-state index is -3.63. The highest BCUT2D eigenvalue weighted by molar-refractivity contribution is 7.89. The molecule has 0 atom stereocenters. The third kappa shape index (κ3) is 3.58. The SMILES string of the molecule is C=C(C)N(CCO)S(=O)(=O)c1ccc(C(C)C)cc1. The maximum Gasteiger partial charge on any atom is 0.264 e. The molecule has 1 rings (SSSR count). The van der Waals surface area contributed by atoms with Gasteiger partial charge in [-0.25, -0.2) is 8.42 Å². The van der Waals surface area contributed by atoms with Crippen LogP contribution in [0, 0.1) is 0 Å². The normalized spacial score (nSPS) is 11.6. The maximum absolute atomic E-state index is 12.4. The summed E-state index contributed by atoms with van der Waals surface area (Å²) in [7, 11) is -3.63. The molecular formula is C14H21NO3S. The maximum atomic E-state index is 12.4. The fourth-order valence-electron chi connectivity index (χ4n) is 1.76. The van der Waals surface area contributed by atoms with Crippen LogP contribution in [0.2, 0.25) is 0 Å². The third-order valence-electron chi connectivity index (χ3n) is 2.86. The Balaban J connectivity index is 3.14. The number of sulfonamides is 1. The molecule has 0 amide bonds. The van der Waals surface area contributed by atoms with Gasteiger partial charge in [0.2, 0.25) is 0 Å². The summed E-state index contributed by atoms with van der Waals surface area (Å²) in [6.07, 6.45) is 0. The fraction of sp³-hybridized carbons (Fsp3) is 0.429. The van der Waals surface area contributed by atoms with Crippen LogP contribution in [-0.4, -0.2) is 31.0 Å². The second kappa shape index (κ2) is 6.21. The number of aliphatic hydroxyl groups is 1. The van der Waals surface area contributed by atoms with Crippen molar-refractivity contribution in [1.29, 1.82) is 0 Å². The van der Waals surface area contributed by atoms with E-state index in [1.807, 2.05) is 12.1 Å². The van der Waals surface area contributed by atoms with E-state index in [1.165, 1.54) is 0 Å². The number of allylic oxidation sites excluding steroid dienone is 1. The quantitative estimate of drug-likeness (QED) is 0.871. The number of aliphatic hydroxyl groups excluding tert-OH is 1. The van der Waals surface area contributed by atoms with Gasteiger partial charge in [-0.2, -0.15) is 0 Å². The second-order valence-electron chi connectivity index (χ2n) is 4.76. The van der Waals surface area contributed by atoms with Crippen LogP contribution in [-0.2, 0) is 10.0 Å². The highest BCUT2D eigenvalue weighted by Crippen LogP contribution is 2.22. The van der Waals surface area contributed by atoms with Crippen molar-refractivity contribution in [2.45, 2.75) is 31.6 Å². The van der Waals surface area contributed by atoms with E-state index >= 15 is 0 Å². The van der Waals surface area contributed by atoms with E-state index in [4.69, 9.17) is 5.11 Å². The third-order valence-corrected chi connectivity index (χ3v) is 4.81. The smallest absolute Gasteiger partial charge is 0.264 e. The molecule has 0 spiro atoms. The van der Waals surface area contributed by atoms with Crippen molar-refractivity contribution in [1.82, 2.24) is 4.31 Å². The molecular weight excluding hydrogens is 262 g/mol. The van der Waals surface area contributed by atoms with Crippen LogP contribution in [0.3, 0.4) is 0 Å². The molecule has 4 nitrogen and oxygen atoms in total. The van der Waals surface area contributed by atoms with Crippen LogP contribution in [0.25, 0.3) is 0 Å². The molecule has 1 aromatic rings. The van der Waals surface area contributed by atoms with Gasteiger partial charge in [0.25, 0.3) is 10.0 Å². The van der Waals surface area contributed by atoms with Crippen molar-refractivity contribution >= 4 is 10.0 Å². The molecule has 0 saturated heterocycles. The number of hydrogen-bond acceptors (Lipinski definition) is 3. The molecule has 0 aliphatic rings. The number of nitrogens with zero attached hydrogens (tertiary/aromatic N) is 1. The van der Waals surface area contributed by atoms with E-state index < -0.39 is 10.0 Å². The topological polar surface area (TPSA) is 57.6 Å². The van der Waals surface area contributed by atoms with Gasteiger partial charge >= 0.3 is 0 Å². The summed E-state index contributed by atoms with van der Waals surface area (Å²) in [5, 5.41) is 8.97. The van der Waals surface area contributed by atoms with Gasteiger partial charge in [0.05, 0.1) is 18.0 Å². The zero-order chi connectivity index (χ0) is 14.6. The van der Waals surface area contributed by atoms with Crippen molar-refractivity contribution in [3.63, 3.8) is 0 Å². The Labute approximate surface area is 115 Å². The first-order valence-corrected chi connectivity index (χ1v) is 7.63. The van der Waals surface area contributed by atoms with E-state index in [-0.39, 0.29) is 18.0 Å². The predicted molar refractivity (Wildman–Crippen MR) is 76.3 cm³/mol. The van der Waals surface area contributed by atoms with Crippen molar-refractivity contribution in [3.8, 4) is 0 Å². The van der Waals surface area contributed by atoms with Crippen molar-refractivity contribution < 1.29 is 13.5 Å². The largest absolute Gasteiger partial charge is 0.394 e. The van der Waals surface area contributed by atoms with Crippen LogP contribution in [0.4, 0.5) is 0 Å². The lowest BCUT2D eigenvalue weighted by molar-refractivity contribution is 0.269. The first kappa shape index (κ1) is 15.7. The van der Waals surface area contributed by atoms with Gasteiger partial charge in [-0.15, -0.1) is 0 Å². The Bertz CT molecular complexity index is 532. The van der Waals surface area contributed by atoms with E-state index in [0.29, 0.717) is 11.6 Å². The number of hydrogen-bond donors (Lipinski definition) is 1. The number of rotatable bonds is 6. The molecule has 19 heavy (non-hydrogen) atoms. The van der Waals surface area contributed by atoms with Crippen molar-refractivity contribution in [2.24, 2.45) is 0 Å². The summed E-state index contributed by atoms with van der Waals surface area (Å²) in [6.45, 7) is 9.13. The summed E-state index contributed by atoms with van der Waals surface area (Å²) >= 11 is 0. The van der Waals surface area contributed by atoms with Gasteiger partial charge in [0.15, 0.2) is 0 Å². The Morgan fingerprint density at radius 3 is 2.21 bits per heavy atom. The average molecular weight is 283 g/mol. The molecule has 0 fully saturated rings. The van der Waals surface area contributed by atoms with E-state index in [0.717, 1.165) is 9.87 Å². The number of benzene rings is 1. The molecule has 5 heteroatoms. The summed E-state index contributed by atoms with van der Waals surface area (Å²) < 4.78 is 25.9. The Morgan fingerprint density at radius 1 is 1.32 bits per heavy atom. The molecule has 0 radical (unpaired) electrons. The first-order valence-electron chi connectivity index (χ1n) is 6.19. The monoisotopic (exact) mass is 283 g/mol. The Morgan fingerprint density at radius 2 is 1.84 bits per heavy atom. The molecule has 1 aromatic carbocycles. The van der Waals surface area contributed by atoms with Gasteiger partial charge in [0.1, 0.15) is 0 Å². The Hall–Kier alpha value is -1.33. The summed E-state index contributed by atoms with van der Waals surface area (Å²) in [5.41, 5.74) is 1.48. The van der Waals surface area contributed by atoms with Crippen molar-refractivity contribution in [3.05, 3.63) is 42.1 Å². The summed E-state index contributed by atoms with van der Waals surface area (Å²) in [5.74, 6) is 0.353. The highest BCUT2D eigenvalue weighted by atomic mass is 32.2. The molecule has 0 bridgehead atoms. The minimum Gasteiger partial charge on any atom is -0.394 e. The van der Waals surface area contributed by atoms with Crippen molar-refractivity contribution in [2.75, 3.05) is 13.2 Å². The van der Waals surface area contributed by atoms with Gasteiger partial charge in [-0.3, -0.25) is 4.31 Å². The molecule has 0 heterocycles. The van der Waals surface area contributed by atoms with Crippen LogP contribution >= 0.6 is 0 Å². The fourth-order valence-corrected chi connectivity index (χ4v) is 3.23. The first-order chi connectivity index (χ1) is 8.80. The van der Waals surface area contributed by atoms with Crippen LogP contribution in [0.5, 0.6) is 0 Å². The molecule has 0 saturated carbocycles. The van der Waals surface area contributed by atoms with E-state index in [1.54, 1.807) is 19.1 Å². The van der Waals surface area contributed by atoms with Crippen LogP contribution < -0.4 is 0 Å². The minimum absolute atomic E-state index is 0.0175. The second-order valence-corrected chi connectivity index (χ2v) is 6.62. The lowest BCUT2D eigenvalue weighted by atomic mass is 10.0. The predicted octanol–water partition coefficient (Wildman–Crippen LogP) is 2.33. The summed E-state index contributed by atoms with van der Waals surface area (Å²) in [4.78, 5) is 0.216. The zero-order valence-corrected chi connectivity index (χ0v) is 12.4. The highest BCUT2D eigenvalue weighted by Gasteiger charge is 2.23. The zero-order valence-electron chi connectivity index (χ0n) is 11.6. The van der Waals surface area contributed by atoms with Gasteiger partial charge < -0.3 is 5.11 Å². The van der Waals surface area contributed by atoms with Crippen LogP contribution in [0.1, 0.15) is 32.3 Å². The van der Waals surface area contributed by atoms with Crippen LogP contribution in [0.15, 0.2) is 41.4 Å². The lowest BCUT2D eigenvalue weighted by Crippen LogP contribution is -2.31. The molecule has 0 aliphatic heterocycles. The average Bonchev–Trinajstić information content (AvgIpc) is 2.35. The molecule has 0 aromatic heterocycles.